The molecule has 0 aromatic heterocycles. The van der Waals surface area contributed by atoms with Crippen LogP contribution in [-0.4, -0.2) is 17.8 Å². The monoisotopic (exact) mass is 345 g/mol. The largest absolute Gasteiger partial charge is 0.422 e. The Kier molecular flexibility index (Phi) is 5.19. The fourth-order valence-electron chi connectivity index (χ4n) is 2.31. The predicted octanol–water partition coefficient (Wildman–Crippen LogP) is 3.48. The number of amides is 2. The smallest absolute Gasteiger partial charge is 0.343 e. The molecule has 0 radical (unpaired) electrons. The van der Waals surface area contributed by atoms with Crippen LogP contribution in [0.2, 0.25) is 0 Å². The topological polar surface area (TPSA) is 72.5 Å². The lowest BCUT2D eigenvalue weighted by atomic mass is 10.1. The van der Waals surface area contributed by atoms with Gasteiger partial charge in [0, 0.05) is 5.56 Å². The molecule has 0 unspecified atom stereocenters. The Morgan fingerprint density at radius 2 is 1.15 bits per heavy atom. The van der Waals surface area contributed by atoms with Gasteiger partial charge in [-0.15, -0.1) is 0 Å². The third-order valence-corrected chi connectivity index (χ3v) is 3.61. The maximum atomic E-state index is 12.4. The van der Waals surface area contributed by atoms with Crippen molar-refractivity contribution in [2.24, 2.45) is 0 Å². The Labute approximate surface area is 150 Å². The molecule has 2 amide bonds. The van der Waals surface area contributed by atoms with Gasteiger partial charge in [0.25, 0.3) is 11.8 Å². The number of hydrogen-bond donors (Lipinski definition) is 1. The Hall–Kier alpha value is -3.73. The second-order valence-electron chi connectivity index (χ2n) is 5.40. The molecule has 3 aromatic rings. The molecule has 128 valence electrons. The van der Waals surface area contributed by atoms with Gasteiger partial charge in [0.15, 0.2) is 0 Å². The van der Waals surface area contributed by atoms with Gasteiger partial charge in [-0.3, -0.25) is 14.9 Å². The van der Waals surface area contributed by atoms with E-state index in [4.69, 9.17) is 4.74 Å². The zero-order valence-corrected chi connectivity index (χ0v) is 13.7. The number of ether oxygens (including phenoxy) is 1. The minimum atomic E-state index is -0.643. The van der Waals surface area contributed by atoms with Crippen molar-refractivity contribution in [2.75, 3.05) is 0 Å². The molecule has 26 heavy (non-hydrogen) atoms. The lowest BCUT2D eigenvalue weighted by molar-refractivity contribution is 0.0732. The van der Waals surface area contributed by atoms with Crippen LogP contribution in [0, 0.1) is 0 Å². The third kappa shape index (κ3) is 4.02. The van der Waals surface area contributed by atoms with Gasteiger partial charge in [-0.2, -0.15) is 0 Å². The van der Waals surface area contributed by atoms with Gasteiger partial charge in [-0.1, -0.05) is 48.5 Å². The standard InChI is InChI=1S/C21H15NO4/c23-19(15-9-3-1-4-10-15)22-20(24)17-13-7-8-14-18(17)26-21(25)16-11-5-2-6-12-16/h1-14H,(H,22,23,24). The van der Waals surface area contributed by atoms with Crippen molar-refractivity contribution in [2.45, 2.75) is 0 Å². The molecule has 3 rings (SSSR count). The van der Waals surface area contributed by atoms with E-state index in [9.17, 15) is 14.4 Å². The number of nitrogens with one attached hydrogen (secondary N) is 1. The fraction of sp³-hybridized carbons (Fsp3) is 0. The van der Waals surface area contributed by atoms with Crippen LogP contribution in [0.1, 0.15) is 31.1 Å². The predicted molar refractivity (Wildman–Crippen MR) is 96.1 cm³/mol. The number of esters is 1. The average Bonchev–Trinajstić information content (AvgIpc) is 2.69. The first kappa shape index (κ1) is 17.1. The van der Waals surface area contributed by atoms with E-state index in [-0.39, 0.29) is 11.3 Å². The number of carbonyl (C=O) groups is 3. The Balaban J connectivity index is 1.77. The maximum absolute atomic E-state index is 12.4. The van der Waals surface area contributed by atoms with Crippen LogP contribution in [0.15, 0.2) is 84.9 Å². The lowest BCUT2D eigenvalue weighted by Gasteiger charge is -2.10. The highest BCUT2D eigenvalue weighted by atomic mass is 16.5. The summed E-state index contributed by atoms with van der Waals surface area (Å²) in [7, 11) is 0. The average molecular weight is 345 g/mol. The number of benzene rings is 3. The lowest BCUT2D eigenvalue weighted by Crippen LogP contribution is -2.31. The van der Waals surface area contributed by atoms with Crippen molar-refractivity contribution in [3.8, 4) is 5.75 Å². The molecule has 0 saturated heterocycles. The van der Waals surface area contributed by atoms with E-state index in [0.717, 1.165) is 0 Å². The van der Waals surface area contributed by atoms with E-state index < -0.39 is 17.8 Å². The van der Waals surface area contributed by atoms with E-state index in [2.05, 4.69) is 5.32 Å². The summed E-state index contributed by atoms with van der Waals surface area (Å²) in [6, 6.07) is 23.1. The SMILES string of the molecule is O=C(NC(=O)c1ccccc1OC(=O)c1ccccc1)c1ccccc1. The molecule has 0 atom stereocenters. The highest BCUT2D eigenvalue weighted by Crippen LogP contribution is 2.19. The molecule has 0 fully saturated rings. The number of carbonyl (C=O) groups excluding carboxylic acids is 3. The van der Waals surface area contributed by atoms with Crippen molar-refractivity contribution < 1.29 is 19.1 Å². The summed E-state index contributed by atoms with van der Waals surface area (Å²) >= 11 is 0. The molecule has 0 spiro atoms. The van der Waals surface area contributed by atoms with Crippen molar-refractivity contribution in [1.29, 1.82) is 0 Å². The Morgan fingerprint density at radius 1 is 0.615 bits per heavy atom. The highest BCUT2D eigenvalue weighted by molar-refractivity contribution is 6.11. The summed E-state index contributed by atoms with van der Waals surface area (Å²) in [6.07, 6.45) is 0. The van der Waals surface area contributed by atoms with E-state index >= 15 is 0 Å². The van der Waals surface area contributed by atoms with Gasteiger partial charge < -0.3 is 4.74 Å². The second-order valence-corrected chi connectivity index (χ2v) is 5.40. The molecular weight excluding hydrogens is 330 g/mol. The zero-order valence-electron chi connectivity index (χ0n) is 13.7. The first-order chi connectivity index (χ1) is 12.6. The normalized spacial score (nSPS) is 10.0. The highest BCUT2D eigenvalue weighted by Gasteiger charge is 2.18. The van der Waals surface area contributed by atoms with Gasteiger partial charge >= 0.3 is 5.97 Å². The van der Waals surface area contributed by atoms with Crippen molar-refractivity contribution in [3.63, 3.8) is 0 Å². The maximum Gasteiger partial charge on any atom is 0.343 e. The Morgan fingerprint density at radius 3 is 1.81 bits per heavy atom. The molecule has 3 aromatic carbocycles. The van der Waals surface area contributed by atoms with Crippen LogP contribution in [0.3, 0.4) is 0 Å². The molecule has 5 heteroatoms. The van der Waals surface area contributed by atoms with E-state index in [1.54, 1.807) is 72.8 Å². The van der Waals surface area contributed by atoms with E-state index in [1.807, 2.05) is 0 Å². The molecule has 5 nitrogen and oxygen atoms in total. The number of para-hydroxylation sites is 1. The van der Waals surface area contributed by atoms with Gasteiger partial charge in [0.1, 0.15) is 5.75 Å². The molecule has 0 aliphatic rings. The number of hydrogen-bond acceptors (Lipinski definition) is 4. The molecule has 1 N–H and O–H groups in total. The molecule has 0 bridgehead atoms. The molecule has 0 aliphatic heterocycles. The zero-order chi connectivity index (χ0) is 18.4. The number of imide groups is 1. The van der Waals surface area contributed by atoms with Gasteiger partial charge in [-0.05, 0) is 36.4 Å². The van der Waals surface area contributed by atoms with Crippen molar-refractivity contribution in [1.82, 2.24) is 5.32 Å². The minimum absolute atomic E-state index is 0.0831. The Bertz CT molecular complexity index is 936. The first-order valence-electron chi connectivity index (χ1n) is 7.92. The fourth-order valence-corrected chi connectivity index (χ4v) is 2.31. The number of rotatable bonds is 4. The summed E-state index contributed by atoms with van der Waals surface area (Å²) in [5.74, 6) is -1.67. The third-order valence-electron chi connectivity index (χ3n) is 3.61. The van der Waals surface area contributed by atoms with Crippen LogP contribution < -0.4 is 10.1 Å². The summed E-state index contributed by atoms with van der Waals surface area (Å²) in [6.45, 7) is 0. The summed E-state index contributed by atoms with van der Waals surface area (Å²) in [5.41, 5.74) is 0.823. The molecule has 0 saturated carbocycles. The molecule has 0 aliphatic carbocycles. The van der Waals surface area contributed by atoms with E-state index in [1.165, 1.54) is 12.1 Å². The van der Waals surface area contributed by atoms with E-state index in [0.29, 0.717) is 11.1 Å². The minimum Gasteiger partial charge on any atom is -0.422 e. The summed E-state index contributed by atoms with van der Waals surface area (Å²) in [4.78, 5) is 36.8. The quantitative estimate of drug-likeness (QED) is 0.446. The second kappa shape index (κ2) is 7.90. The van der Waals surface area contributed by atoms with Gasteiger partial charge in [0.05, 0.1) is 11.1 Å². The van der Waals surface area contributed by atoms with Crippen LogP contribution in [0.5, 0.6) is 5.75 Å². The van der Waals surface area contributed by atoms with Crippen LogP contribution >= 0.6 is 0 Å². The first-order valence-corrected chi connectivity index (χ1v) is 7.92. The molecule has 0 heterocycles. The molecular formula is C21H15NO4. The van der Waals surface area contributed by atoms with Gasteiger partial charge in [0.2, 0.25) is 0 Å². The van der Waals surface area contributed by atoms with Crippen molar-refractivity contribution >= 4 is 17.8 Å². The summed E-state index contributed by atoms with van der Waals surface area (Å²) in [5, 5.41) is 2.30. The van der Waals surface area contributed by atoms with Crippen molar-refractivity contribution in [3.05, 3.63) is 102 Å². The van der Waals surface area contributed by atoms with Crippen LogP contribution in [-0.2, 0) is 0 Å². The van der Waals surface area contributed by atoms with Crippen LogP contribution in [0.4, 0.5) is 0 Å². The van der Waals surface area contributed by atoms with Crippen LogP contribution in [0.25, 0.3) is 0 Å². The van der Waals surface area contributed by atoms with Gasteiger partial charge in [-0.25, -0.2) is 4.79 Å². The summed E-state index contributed by atoms with van der Waals surface area (Å²) < 4.78 is 5.33.